The molecule has 27 heavy (non-hydrogen) atoms. The molecule has 0 unspecified atom stereocenters. The minimum atomic E-state index is -3.57. The van der Waals surface area contributed by atoms with Crippen molar-refractivity contribution in [1.82, 2.24) is 9.80 Å². The minimum Gasteiger partial charge on any atom is -0.342 e. The van der Waals surface area contributed by atoms with Crippen LogP contribution in [0.25, 0.3) is 0 Å². The molecule has 0 aliphatic carbocycles. The molecule has 2 aliphatic heterocycles. The van der Waals surface area contributed by atoms with Gasteiger partial charge in [0.15, 0.2) is 9.84 Å². The smallest absolute Gasteiger partial charge is 0.239 e. The molecule has 1 spiro atoms. The zero-order chi connectivity index (χ0) is 19.7. The highest BCUT2D eigenvalue weighted by Crippen LogP contribution is 2.41. The van der Waals surface area contributed by atoms with Crippen molar-refractivity contribution in [2.24, 2.45) is 5.92 Å². The van der Waals surface area contributed by atoms with Crippen LogP contribution < -0.4 is 0 Å². The summed E-state index contributed by atoms with van der Waals surface area (Å²) in [6.07, 6.45) is 2.15. The van der Waals surface area contributed by atoms with E-state index in [0.29, 0.717) is 32.5 Å². The third kappa shape index (κ3) is 3.49. The van der Waals surface area contributed by atoms with Crippen molar-refractivity contribution >= 4 is 21.7 Å². The number of benzene rings is 1. The summed E-state index contributed by atoms with van der Waals surface area (Å²) in [7, 11) is -3.57. The normalized spacial score (nSPS) is 21.2. The highest BCUT2D eigenvalue weighted by atomic mass is 32.2. The van der Waals surface area contributed by atoms with Gasteiger partial charge in [0.1, 0.15) is 10.6 Å². The third-order valence-electron chi connectivity index (χ3n) is 6.06. The van der Waals surface area contributed by atoms with Gasteiger partial charge < -0.3 is 9.80 Å². The number of piperidine rings is 1. The maximum Gasteiger partial charge on any atom is 0.239 e. The molecule has 2 aliphatic rings. The summed E-state index contributed by atoms with van der Waals surface area (Å²) in [5, 5.41) is 0. The number of rotatable bonds is 5. The molecule has 0 saturated carbocycles. The SMILES string of the molecule is CCC(CC)C(=O)N1CCC2(CC1)N(Cc1ccccc1)C(=O)CS2(=O)=O. The lowest BCUT2D eigenvalue weighted by molar-refractivity contribution is -0.139. The zero-order valence-corrected chi connectivity index (χ0v) is 16.9. The predicted octanol–water partition coefficient (Wildman–Crippen LogP) is 2.20. The first-order chi connectivity index (χ1) is 12.8. The van der Waals surface area contributed by atoms with E-state index in [0.717, 1.165) is 18.4 Å². The highest BCUT2D eigenvalue weighted by molar-refractivity contribution is 7.93. The number of hydrogen-bond donors (Lipinski definition) is 0. The fraction of sp³-hybridized carbons (Fsp3) is 0.600. The number of likely N-dealkylation sites (tertiary alicyclic amines) is 1. The first-order valence-corrected chi connectivity index (χ1v) is 11.4. The van der Waals surface area contributed by atoms with E-state index in [9.17, 15) is 18.0 Å². The van der Waals surface area contributed by atoms with Gasteiger partial charge in [-0.3, -0.25) is 9.59 Å². The van der Waals surface area contributed by atoms with Gasteiger partial charge in [-0.25, -0.2) is 8.42 Å². The van der Waals surface area contributed by atoms with Gasteiger partial charge in [-0.2, -0.15) is 0 Å². The van der Waals surface area contributed by atoms with Crippen molar-refractivity contribution in [1.29, 1.82) is 0 Å². The van der Waals surface area contributed by atoms with E-state index in [2.05, 4.69) is 0 Å². The molecule has 2 amide bonds. The molecule has 0 bridgehead atoms. The lowest BCUT2D eigenvalue weighted by Gasteiger charge is -2.44. The van der Waals surface area contributed by atoms with Crippen LogP contribution in [0.15, 0.2) is 30.3 Å². The molecule has 2 heterocycles. The summed E-state index contributed by atoms with van der Waals surface area (Å²) in [6.45, 7) is 5.05. The van der Waals surface area contributed by atoms with Crippen molar-refractivity contribution in [3.63, 3.8) is 0 Å². The van der Waals surface area contributed by atoms with Gasteiger partial charge >= 0.3 is 0 Å². The Morgan fingerprint density at radius 3 is 2.26 bits per heavy atom. The molecule has 0 radical (unpaired) electrons. The standard InChI is InChI=1S/C20H28N2O4S/c1-3-17(4-2)19(24)21-12-10-20(11-13-21)22(18(23)15-27(20,25)26)14-16-8-6-5-7-9-16/h5-9,17H,3-4,10-15H2,1-2H3. The Balaban J connectivity index is 1.82. The first-order valence-electron chi connectivity index (χ1n) is 9.70. The minimum absolute atomic E-state index is 0.0127. The summed E-state index contributed by atoms with van der Waals surface area (Å²) in [5.41, 5.74) is 0.915. The highest BCUT2D eigenvalue weighted by Gasteiger charge is 2.58. The van der Waals surface area contributed by atoms with Crippen molar-refractivity contribution < 1.29 is 18.0 Å². The van der Waals surface area contributed by atoms with E-state index < -0.39 is 20.5 Å². The molecule has 2 saturated heterocycles. The maximum absolute atomic E-state index is 12.9. The van der Waals surface area contributed by atoms with E-state index in [1.165, 1.54) is 4.90 Å². The van der Waals surface area contributed by atoms with Gasteiger partial charge in [0.05, 0.1) is 0 Å². The molecule has 2 fully saturated rings. The molecule has 0 aromatic heterocycles. The molecule has 0 atom stereocenters. The number of sulfone groups is 1. The molecule has 1 aromatic carbocycles. The summed E-state index contributed by atoms with van der Waals surface area (Å²) in [5.74, 6) is -0.675. The van der Waals surface area contributed by atoms with Crippen molar-refractivity contribution in [3.8, 4) is 0 Å². The van der Waals surface area contributed by atoms with Crippen LogP contribution in [-0.2, 0) is 26.0 Å². The molecular formula is C20H28N2O4S. The number of carbonyl (C=O) groups is 2. The number of amides is 2. The average Bonchev–Trinajstić information content (AvgIpc) is 2.84. The summed E-state index contributed by atoms with van der Waals surface area (Å²) in [6, 6.07) is 9.46. The van der Waals surface area contributed by atoms with Crippen molar-refractivity contribution in [3.05, 3.63) is 35.9 Å². The summed E-state index contributed by atoms with van der Waals surface area (Å²) in [4.78, 5) is 27.4. The van der Waals surface area contributed by atoms with Crippen molar-refractivity contribution in [2.75, 3.05) is 18.8 Å². The Bertz CT molecular complexity index is 795. The Morgan fingerprint density at radius 2 is 1.70 bits per heavy atom. The molecule has 0 N–H and O–H groups in total. The van der Waals surface area contributed by atoms with Crippen molar-refractivity contribution in [2.45, 2.75) is 50.9 Å². The lowest BCUT2D eigenvalue weighted by atomic mass is 9.97. The Hall–Kier alpha value is -1.89. The van der Waals surface area contributed by atoms with Gasteiger partial charge in [0, 0.05) is 38.4 Å². The molecule has 3 rings (SSSR count). The predicted molar refractivity (Wildman–Crippen MR) is 103 cm³/mol. The second-order valence-electron chi connectivity index (χ2n) is 7.51. The second kappa shape index (κ2) is 7.62. The Labute approximate surface area is 161 Å². The molecule has 148 valence electrons. The van der Waals surface area contributed by atoms with E-state index >= 15 is 0 Å². The Kier molecular flexibility index (Phi) is 5.60. The molecule has 6 nitrogen and oxygen atoms in total. The summed E-state index contributed by atoms with van der Waals surface area (Å²) < 4.78 is 25.8. The van der Waals surface area contributed by atoms with Gasteiger partial charge in [0.25, 0.3) is 0 Å². The van der Waals surface area contributed by atoms with E-state index in [4.69, 9.17) is 0 Å². The molecular weight excluding hydrogens is 364 g/mol. The molecule has 1 aromatic rings. The molecule has 7 heteroatoms. The van der Waals surface area contributed by atoms with Crippen LogP contribution in [0, 0.1) is 5.92 Å². The van der Waals surface area contributed by atoms with E-state index in [-0.39, 0.29) is 17.7 Å². The zero-order valence-electron chi connectivity index (χ0n) is 16.1. The van der Waals surface area contributed by atoms with E-state index in [1.54, 1.807) is 4.90 Å². The lowest BCUT2D eigenvalue weighted by Crippen LogP contribution is -2.57. The topological polar surface area (TPSA) is 74.8 Å². The maximum atomic E-state index is 12.9. The number of hydrogen-bond acceptors (Lipinski definition) is 4. The van der Waals surface area contributed by atoms with Gasteiger partial charge in [-0.15, -0.1) is 0 Å². The van der Waals surface area contributed by atoms with Crippen LogP contribution in [0.4, 0.5) is 0 Å². The summed E-state index contributed by atoms with van der Waals surface area (Å²) >= 11 is 0. The van der Waals surface area contributed by atoms with Crippen LogP contribution in [-0.4, -0.2) is 53.7 Å². The van der Waals surface area contributed by atoms with Crippen LogP contribution in [0.5, 0.6) is 0 Å². The average molecular weight is 393 g/mol. The van der Waals surface area contributed by atoms with Gasteiger partial charge in [0.2, 0.25) is 11.8 Å². The fourth-order valence-corrected chi connectivity index (χ4v) is 6.38. The van der Waals surface area contributed by atoms with Crippen LogP contribution in [0.1, 0.15) is 45.1 Å². The fourth-order valence-electron chi connectivity index (χ4n) is 4.32. The third-order valence-corrected chi connectivity index (χ3v) is 8.47. The van der Waals surface area contributed by atoms with Crippen LogP contribution in [0.3, 0.4) is 0 Å². The first kappa shape index (κ1) is 19.9. The Morgan fingerprint density at radius 1 is 1.11 bits per heavy atom. The van der Waals surface area contributed by atoms with Crippen LogP contribution >= 0.6 is 0 Å². The van der Waals surface area contributed by atoms with E-state index in [1.807, 2.05) is 44.2 Å². The number of nitrogens with zero attached hydrogens (tertiary/aromatic N) is 2. The second-order valence-corrected chi connectivity index (χ2v) is 9.79. The quantitative estimate of drug-likeness (QED) is 0.770. The number of carbonyl (C=O) groups excluding carboxylic acids is 2. The van der Waals surface area contributed by atoms with Gasteiger partial charge in [-0.05, 0) is 18.4 Å². The van der Waals surface area contributed by atoms with Gasteiger partial charge in [-0.1, -0.05) is 44.2 Å². The van der Waals surface area contributed by atoms with Crippen LogP contribution in [0.2, 0.25) is 0 Å². The monoisotopic (exact) mass is 392 g/mol. The largest absolute Gasteiger partial charge is 0.342 e.